The van der Waals surface area contributed by atoms with Crippen molar-refractivity contribution in [2.24, 2.45) is 5.41 Å². The van der Waals surface area contributed by atoms with Gasteiger partial charge >= 0.3 is 0 Å². The summed E-state index contributed by atoms with van der Waals surface area (Å²) in [6.45, 7) is 2.13. The predicted octanol–water partition coefficient (Wildman–Crippen LogP) is 2.51. The molecule has 0 atom stereocenters. The number of halogens is 2. The summed E-state index contributed by atoms with van der Waals surface area (Å²) in [4.78, 5) is 0. The molecule has 1 aromatic carbocycles. The van der Waals surface area contributed by atoms with E-state index in [1.165, 1.54) is 0 Å². The van der Waals surface area contributed by atoms with Crippen LogP contribution in [0.4, 0.5) is 5.69 Å². The lowest BCUT2D eigenvalue weighted by Crippen LogP contribution is -2.34. The van der Waals surface area contributed by atoms with Gasteiger partial charge in [0, 0.05) is 17.6 Å². The first-order chi connectivity index (χ1) is 7.52. The maximum absolute atomic E-state index is 9.15. The molecule has 5 heteroatoms. The highest BCUT2D eigenvalue weighted by atomic mass is 79.9. The third kappa shape index (κ3) is 3.35. The average molecular weight is 309 g/mol. The fourth-order valence-electron chi connectivity index (χ4n) is 1.11. The second kappa shape index (κ2) is 5.87. The van der Waals surface area contributed by atoms with Crippen LogP contribution in [0, 0.1) is 5.41 Å². The van der Waals surface area contributed by atoms with Crippen molar-refractivity contribution >= 4 is 33.2 Å². The molecule has 0 spiro atoms. The fraction of sp³-hybridized carbons (Fsp3) is 0.455. The monoisotopic (exact) mass is 307 g/mol. The van der Waals surface area contributed by atoms with Crippen molar-refractivity contribution in [2.75, 3.05) is 25.1 Å². The van der Waals surface area contributed by atoms with Crippen LogP contribution in [0.15, 0.2) is 22.7 Å². The quantitative estimate of drug-likeness (QED) is 0.783. The molecule has 1 rings (SSSR count). The molecule has 0 bridgehead atoms. The lowest BCUT2D eigenvalue weighted by atomic mass is 9.93. The second-order valence-electron chi connectivity index (χ2n) is 4.08. The van der Waals surface area contributed by atoms with Crippen molar-refractivity contribution in [1.29, 1.82) is 0 Å². The largest absolute Gasteiger partial charge is 0.396 e. The highest BCUT2D eigenvalue weighted by Crippen LogP contribution is 2.30. The molecule has 0 fully saturated rings. The second-order valence-corrected chi connectivity index (χ2v) is 5.28. The average Bonchev–Trinajstić information content (AvgIpc) is 2.31. The van der Waals surface area contributed by atoms with E-state index >= 15 is 0 Å². The van der Waals surface area contributed by atoms with Gasteiger partial charge in [0.25, 0.3) is 0 Å². The zero-order chi connectivity index (χ0) is 12.2. The zero-order valence-electron chi connectivity index (χ0n) is 9.00. The number of hydrogen-bond acceptors (Lipinski definition) is 3. The predicted molar refractivity (Wildman–Crippen MR) is 69.9 cm³/mol. The molecule has 0 radical (unpaired) electrons. The Morgan fingerprint density at radius 2 is 2.00 bits per heavy atom. The standard InChI is InChI=1S/C11H15BrClNO2/c1-11(6-15,7-16)5-14-9-4-2-3-8(13)10(9)12/h2-4,14-16H,5-7H2,1H3. The van der Waals surface area contributed by atoms with E-state index in [1.54, 1.807) is 13.0 Å². The van der Waals surface area contributed by atoms with Gasteiger partial charge in [0.2, 0.25) is 0 Å². The Morgan fingerprint density at radius 1 is 1.38 bits per heavy atom. The van der Waals surface area contributed by atoms with Gasteiger partial charge in [-0.3, -0.25) is 0 Å². The summed E-state index contributed by atoms with van der Waals surface area (Å²) in [5.41, 5.74) is 0.308. The Hall–Kier alpha value is -0.290. The minimum absolute atomic E-state index is 0.0747. The SMILES string of the molecule is CC(CO)(CO)CNc1cccc(Cl)c1Br. The topological polar surface area (TPSA) is 52.5 Å². The van der Waals surface area contributed by atoms with E-state index in [0.717, 1.165) is 10.2 Å². The van der Waals surface area contributed by atoms with Crippen LogP contribution in [0.1, 0.15) is 6.92 Å². The van der Waals surface area contributed by atoms with E-state index in [0.29, 0.717) is 11.6 Å². The van der Waals surface area contributed by atoms with Crippen LogP contribution in [0.3, 0.4) is 0 Å². The third-order valence-corrected chi connectivity index (χ3v) is 3.82. The Balaban J connectivity index is 2.71. The van der Waals surface area contributed by atoms with Gasteiger partial charge in [-0.25, -0.2) is 0 Å². The molecule has 1 aromatic rings. The summed E-state index contributed by atoms with van der Waals surface area (Å²) in [5, 5.41) is 22.1. The minimum Gasteiger partial charge on any atom is -0.396 e. The van der Waals surface area contributed by atoms with E-state index in [4.69, 9.17) is 21.8 Å². The first-order valence-corrected chi connectivity index (χ1v) is 6.09. The van der Waals surface area contributed by atoms with Crippen LogP contribution in [-0.4, -0.2) is 30.0 Å². The first-order valence-electron chi connectivity index (χ1n) is 4.92. The minimum atomic E-state index is -0.540. The van der Waals surface area contributed by atoms with Gasteiger partial charge in [-0.1, -0.05) is 24.6 Å². The van der Waals surface area contributed by atoms with Gasteiger partial charge < -0.3 is 15.5 Å². The van der Waals surface area contributed by atoms with Gasteiger partial charge in [0.15, 0.2) is 0 Å². The molecule has 90 valence electrons. The van der Waals surface area contributed by atoms with E-state index < -0.39 is 5.41 Å². The maximum Gasteiger partial charge on any atom is 0.0593 e. The Labute approximate surface area is 109 Å². The van der Waals surface area contributed by atoms with Crippen molar-refractivity contribution in [3.05, 3.63) is 27.7 Å². The van der Waals surface area contributed by atoms with Gasteiger partial charge in [0.05, 0.1) is 22.7 Å². The summed E-state index contributed by atoms with van der Waals surface area (Å²) < 4.78 is 0.787. The molecular formula is C11H15BrClNO2. The van der Waals surface area contributed by atoms with Gasteiger partial charge in [-0.2, -0.15) is 0 Å². The molecule has 0 amide bonds. The summed E-state index contributed by atoms with van der Waals surface area (Å²) in [7, 11) is 0. The zero-order valence-corrected chi connectivity index (χ0v) is 11.3. The molecule has 0 aliphatic heterocycles. The molecule has 0 aliphatic carbocycles. The normalized spacial score (nSPS) is 11.6. The van der Waals surface area contributed by atoms with E-state index in [1.807, 2.05) is 12.1 Å². The van der Waals surface area contributed by atoms with Crippen LogP contribution < -0.4 is 5.32 Å². The number of benzene rings is 1. The molecule has 0 unspecified atom stereocenters. The highest BCUT2D eigenvalue weighted by molar-refractivity contribution is 9.10. The maximum atomic E-state index is 9.15. The molecule has 3 nitrogen and oxygen atoms in total. The van der Waals surface area contributed by atoms with Crippen molar-refractivity contribution in [3.63, 3.8) is 0 Å². The van der Waals surface area contributed by atoms with Crippen LogP contribution in [0.25, 0.3) is 0 Å². The fourth-order valence-corrected chi connectivity index (χ4v) is 1.69. The Bertz CT molecular complexity index is 356. The lowest BCUT2D eigenvalue weighted by Gasteiger charge is -2.25. The van der Waals surface area contributed by atoms with E-state index in [9.17, 15) is 0 Å². The van der Waals surface area contributed by atoms with Crippen LogP contribution in [0.2, 0.25) is 5.02 Å². The summed E-state index contributed by atoms with van der Waals surface area (Å²) in [6.07, 6.45) is 0. The van der Waals surface area contributed by atoms with Crippen LogP contribution >= 0.6 is 27.5 Å². The summed E-state index contributed by atoms with van der Waals surface area (Å²) >= 11 is 9.32. The lowest BCUT2D eigenvalue weighted by molar-refractivity contribution is 0.0806. The van der Waals surface area contributed by atoms with Crippen molar-refractivity contribution < 1.29 is 10.2 Å². The number of aliphatic hydroxyl groups is 2. The number of anilines is 1. The van der Waals surface area contributed by atoms with Gasteiger partial charge in [0.1, 0.15) is 0 Å². The number of rotatable bonds is 5. The third-order valence-electron chi connectivity index (χ3n) is 2.42. The molecule has 0 heterocycles. The van der Waals surface area contributed by atoms with Gasteiger partial charge in [-0.05, 0) is 28.1 Å². The number of hydrogen-bond donors (Lipinski definition) is 3. The molecule has 0 aromatic heterocycles. The Kier molecular flexibility index (Phi) is 5.05. The van der Waals surface area contributed by atoms with Crippen molar-refractivity contribution in [1.82, 2.24) is 0 Å². The van der Waals surface area contributed by atoms with E-state index in [2.05, 4.69) is 21.2 Å². The summed E-state index contributed by atoms with van der Waals surface area (Å²) in [6, 6.07) is 5.50. The molecule has 16 heavy (non-hydrogen) atoms. The van der Waals surface area contributed by atoms with Crippen LogP contribution in [0.5, 0.6) is 0 Å². The van der Waals surface area contributed by atoms with E-state index in [-0.39, 0.29) is 13.2 Å². The van der Waals surface area contributed by atoms with Crippen LogP contribution in [-0.2, 0) is 0 Å². The molecule has 3 N–H and O–H groups in total. The number of aliphatic hydroxyl groups excluding tert-OH is 2. The Morgan fingerprint density at radius 3 is 2.56 bits per heavy atom. The van der Waals surface area contributed by atoms with Crippen molar-refractivity contribution in [2.45, 2.75) is 6.92 Å². The van der Waals surface area contributed by atoms with Crippen molar-refractivity contribution in [3.8, 4) is 0 Å². The first kappa shape index (κ1) is 13.8. The molecule has 0 saturated carbocycles. The molecule has 0 saturated heterocycles. The molecular weight excluding hydrogens is 293 g/mol. The molecule has 0 aliphatic rings. The summed E-state index contributed by atoms with van der Waals surface area (Å²) in [5.74, 6) is 0. The smallest absolute Gasteiger partial charge is 0.0593 e. The number of nitrogens with one attached hydrogen (secondary N) is 1. The van der Waals surface area contributed by atoms with Gasteiger partial charge in [-0.15, -0.1) is 0 Å². The highest BCUT2D eigenvalue weighted by Gasteiger charge is 2.22.